The number of rotatable bonds is 6. The molecular weight excluding hydrogens is 725 g/mol. The summed E-state index contributed by atoms with van der Waals surface area (Å²) in [6.07, 6.45) is 0. The van der Waals surface area contributed by atoms with Crippen LogP contribution in [0.2, 0.25) is 0 Å². The third-order valence-corrected chi connectivity index (χ3v) is 11.4. The topological polar surface area (TPSA) is 25.8 Å². The lowest BCUT2D eigenvalue weighted by Crippen LogP contribution is -1.97. The molecule has 0 atom stereocenters. The summed E-state index contributed by atoms with van der Waals surface area (Å²) in [6, 6.07) is 78.0. The van der Waals surface area contributed by atoms with E-state index in [1.54, 1.807) is 0 Å². The maximum absolute atomic E-state index is 5.58. The number of aromatic nitrogens is 2. The van der Waals surface area contributed by atoms with Crippen molar-refractivity contribution in [1.29, 1.82) is 0 Å². The highest BCUT2D eigenvalue weighted by Crippen LogP contribution is 2.46. The molecule has 2 heteroatoms. The van der Waals surface area contributed by atoms with Gasteiger partial charge in [-0.05, 0) is 96.4 Å². The largest absolute Gasteiger partial charge is 0.245 e. The van der Waals surface area contributed by atoms with Gasteiger partial charge < -0.3 is 0 Å². The van der Waals surface area contributed by atoms with Gasteiger partial charge >= 0.3 is 0 Å². The first kappa shape index (κ1) is 36.6. The van der Waals surface area contributed by atoms with Crippen molar-refractivity contribution in [3.8, 4) is 67.0 Å². The molecule has 0 radical (unpaired) electrons. The van der Waals surface area contributed by atoms with E-state index in [0.29, 0.717) is 0 Å². The van der Waals surface area contributed by atoms with Gasteiger partial charge in [0.05, 0.1) is 22.4 Å². The van der Waals surface area contributed by atoms with Crippen molar-refractivity contribution in [1.82, 2.24) is 9.97 Å². The molecule has 0 fully saturated rings. The predicted molar refractivity (Wildman–Crippen MR) is 256 cm³/mol. The fourth-order valence-electron chi connectivity index (χ4n) is 8.88. The highest BCUT2D eigenvalue weighted by atomic mass is 14.8. The molecule has 2 aromatic heterocycles. The average molecular weight is 767 g/mol. The van der Waals surface area contributed by atoms with E-state index in [0.717, 1.165) is 72.1 Å². The Balaban J connectivity index is 0.00000213. The maximum Gasteiger partial charge on any atom is 0.0979 e. The minimum absolute atomic E-state index is 0.886. The molecule has 0 amide bonds. The Kier molecular flexibility index (Phi) is 9.73. The molecule has 60 heavy (non-hydrogen) atoms. The molecule has 0 saturated heterocycles. The normalized spacial score (nSPS) is 11.2. The van der Waals surface area contributed by atoms with E-state index in [1.165, 1.54) is 38.2 Å². The number of benzene rings is 9. The zero-order chi connectivity index (χ0) is 40.4. The summed E-state index contributed by atoms with van der Waals surface area (Å²) in [5.74, 6) is 0. The van der Waals surface area contributed by atoms with Gasteiger partial charge in [-0.1, -0.05) is 202 Å². The van der Waals surface area contributed by atoms with Crippen molar-refractivity contribution in [2.24, 2.45) is 0 Å². The molecule has 0 bridgehead atoms. The monoisotopic (exact) mass is 766 g/mol. The lowest BCUT2D eigenvalue weighted by Gasteiger charge is -2.19. The Morgan fingerprint density at radius 3 is 0.983 bits per heavy atom. The third-order valence-electron chi connectivity index (χ3n) is 11.4. The van der Waals surface area contributed by atoms with Crippen molar-refractivity contribution < 1.29 is 0 Å². The lowest BCUT2D eigenvalue weighted by atomic mass is 9.85. The fraction of sp³-hybridized carbons (Fsp3) is 0.0345. The van der Waals surface area contributed by atoms with Gasteiger partial charge in [-0.3, -0.25) is 0 Å². The molecule has 2 heterocycles. The number of hydrogen-bond donors (Lipinski definition) is 0. The van der Waals surface area contributed by atoms with E-state index in [-0.39, 0.29) is 0 Å². The van der Waals surface area contributed by atoms with Crippen LogP contribution in [0.15, 0.2) is 218 Å². The molecule has 0 aliphatic heterocycles. The number of nitrogens with zero attached hydrogens (tertiary/aromatic N) is 2. The van der Waals surface area contributed by atoms with Gasteiger partial charge in [0, 0.05) is 21.9 Å². The number of pyridine rings is 2. The number of hydrogen-bond acceptors (Lipinski definition) is 2. The van der Waals surface area contributed by atoms with Crippen LogP contribution in [0.4, 0.5) is 0 Å². The molecule has 11 rings (SSSR count). The van der Waals surface area contributed by atoms with E-state index < -0.39 is 0 Å². The Morgan fingerprint density at radius 1 is 0.233 bits per heavy atom. The van der Waals surface area contributed by atoms with Gasteiger partial charge in [0.25, 0.3) is 0 Å². The van der Waals surface area contributed by atoms with Crippen LogP contribution in [0, 0.1) is 0 Å². The Morgan fingerprint density at radius 2 is 0.550 bits per heavy atom. The summed E-state index contributed by atoms with van der Waals surface area (Å²) in [7, 11) is 0. The molecule has 0 aliphatic rings. The van der Waals surface area contributed by atoms with Crippen LogP contribution < -0.4 is 0 Å². The SMILES string of the molecule is CC.c1ccc(-c2ccc3c(-c4ccccc4)c(-c4ccccc4)c4ccc(-c5cccc(-c6c7ccccc7c(-c7ccccc7)c7ccccc67)c5)nc4c3n2)cc1. The standard InChI is InChI=1S/C56H36N2.C2H6/c1-5-18-37(19-6-1)49-34-32-47-53(39-22-9-3-10-23-39)54(40-24-11-4-12-25-40)48-33-35-50(58-56(48)55(47)57-49)41-26-17-27-42(36-41)52-45-30-15-13-28-43(45)51(38-20-7-2-8-21-38)44-29-14-16-31-46(44)52;1-2/h1-36H;1-2H3. The molecule has 0 saturated carbocycles. The van der Waals surface area contributed by atoms with Crippen LogP contribution in [0.3, 0.4) is 0 Å². The maximum atomic E-state index is 5.58. The third kappa shape index (κ3) is 6.40. The fourth-order valence-corrected chi connectivity index (χ4v) is 8.88. The van der Waals surface area contributed by atoms with E-state index in [9.17, 15) is 0 Å². The first-order chi connectivity index (χ1) is 29.8. The van der Waals surface area contributed by atoms with E-state index in [1.807, 2.05) is 19.9 Å². The van der Waals surface area contributed by atoms with Gasteiger partial charge in [-0.25, -0.2) is 9.97 Å². The van der Waals surface area contributed by atoms with Gasteiger partial charge in [-0.2, -0.15) is 0 Å². The summed E-state index contributed by atoms with van der Waals surface area (Å²) >= 11 is 0. The highest BCUT2D eigenvalue weighted by Gasteiger charge is 2.21. The lowest BCUT2D eigenvalue weighted by molar-refractivity contribution is 1.36. The minimum atomic E-state index is 0.886. The number of fused-ring (bicyclic) bond motifs is 5. The van der Waals surface area contributed by atoms with Crippen molar-refractivity contribution in [2.45, 2.75) is 13.8 Å². The van der Waals surface area contributed by atoms with Gasteiger partial charge in [0.15, 0.2) is 0 Å². The zero-order valence-electron chi connectivity index (χ0n) is 33.7. The zero-order valence-corrected chi connectivity index (χ0v) is 33.7. The van der Waals surface area contributed by atoms with Crippen molar-refractivity contribution in [3.05, 3.63) is 218 Å². The molecule has 0 N–H and O–H groups in total. The highest BCUT2D eigenvalue weighted by molar-refractivity contribution is 6.22. The Hall–Kier alpha value is -7.68. The van der Waals surface area contributed by atoms with Crippen LogP contribution >= 0.6 is 0 Å². The second-order valence-corrected chi connectivity index (χ2v) is 14.8. The first-order valence-corrected chi connectivity index (χ1v) is 20.8. The molecular formula is C58H42N2. The van der Waals surface area contributed by atoms with Crippen LogP contribution in [0.1, 0.15) is 13.8 Å². The average Bonchev–Trinajstić information content (AvgIpc) is 3.34. The summed E-state index contributed by atoms with van der Waals surface area (Å²) in [6.45, 7) is 4.00. The van der Waals surface area contributed by atoms with Crippen LogP contribution in [0.5, 0.6) is 0 Å². The summed E-state index contributed by atoms with van der Waals surface area (Å²) in [5.41, 5.74) is 15.2. The van der Waals surface area contributed by atoms with Gasteiger partial charge in [0.2, 0.25) is 0 Å². The molecule has 2 nitrogen and oxygen atoms in total. The van der Waals surface area contributed by atoms with Crippen molar-refractivity contribution in [2.75, 3.05) is 0 Å². The molecule has 0 unspecified atom stereocenters. The van der Waals surface area contributed by atoms with Crippen LogP contribution in [-0.4, -0.2) is 9.97 Å². The molecule has 284 valence electrons. The molecule has 9 aromatic carbocycles. The second-order valence-electron chi connectivity index (χ2n) is 14.8. The smallest absolute Gasteiger partial charge is 0.0979 e. The van der Waals surface area contributed by atoms with Crippen LogP contribution in [-0.2, 0) is 0 Å². The molecule has 0 aliphatic carbocycles. The van der Waals surface area contributed by atoms with Crippen molar-refractivity contribution >= 4 is 43.4 Å². The van der Waals surface area contributed by atoms with Crippen LogP contribution in [0.25, 0.3) is 110 Å². The van der Waals surface area contributed by atoms with Gasteiger partial charge in [0.1, 0.15) is 0 Å². The summed E-state index contributed by atoms with van der Waals surface area (Å²) in [5, 5.41) is 7.09. The summed E-state index contributed by atoms with van der Waals surface area (Å²) in [4.78, 5) is 11.0. The van der Waals surface area contributed by atoms with E-state index in [4.69, 9.17) is 9.97 Å². The minimum Gasteiger partial charge on any atom is -0.245 e. The van der Waals surface area contributed by atoms with E-state index >= 15 is 0 Å². The Bertz CT molecular complexity index is 3250. The first-order valence-electron chi connectivity index (χ1n) is 20.8. The van der Waals surface area contributed by atoms with E-state index in [2.05, 4.69) is 212 Å². The second kappa shape index (κ2) is 15.9. The summed E-state index contributed by atoms with van der Waals surface area (Å²) < 4.78 is 0. The van der Waals surface area contributed by atoms with Gasteiger partial charge in [-0.15, -0.1) is 0 Å². The predicted octanol–water partition coefficient (Wildman–Crippen LogP) is 16.1. The van der Waals surface area contributed by atoms with Crippen molar-refractivity contribution in [3.63, 3.8) is 0 Å². The molecule has 11 aromatic rings. The Labute approximate surface area is 351 Å². The molecule has 0 spiro atoms. The quantitative estimate of drug-likeness (QED) is 0.124.